The van der Waals surface area contributed by atoms with Crippen LogP contribution < -0.4 is 25.9 Å². The molecule has 0 aliphatic carbocycles. The molecule has 0 aliphatic rings. The molecule has 0 saturated heterocycles. The second-order valence-electron chi connectivity index (χ2n) is 6.03. The number of allylic oxidation sites excluding steroid dienone is 1. The summed E-state index contributed by atoms with van der Waals surface area (Å²) in [5.74, 6) is -0.139. The molecule has 0 radical (unpaired) electrons. The van der Waals surface area contributed by atoms with Gasteiger partial charge in [-0.1, -0.05) is 49.8 Å². The monoisotopic (exact) mass is 466 g/mol. The van der Waals surface area contributed by atoms with Crippen molar-refractivity contribution >= 4 is 5.97 Å². The van der Waals surface area contributed by atoms with Crippen LogP contribution in [0.3, 0.4) is 0 Å². The van der Waals surface area contributed by atoms with E-state index in [0.717, 1.165) is 32.1 Å². The van der Waals surface area contributed by atoms with Crippen LogP contribution in [0.2, 0.25) is 0 Å². The summed E-state index contributed by atoms with van der Waals surface area (Å²) in [6, 6.07) is 8.39. The summed E-state index contributed by atoms with van der Waals surface area (Å²) in [7, 11) is 0. The molecular formula is C20H29F2IO2. The molecule has 0 saturated carbocycles. The molecule has 0 spiro atoms. The van der Waals surface area contributed by atoms with Crippen molar-refractivity contribution in [2.45, 2.75) is 65.2 Å². The van der Waals surface area contributed by atoms with Crippen molar-refractivity contribution in [3.8, 4) is 0 Å². The maximum absolute atomic E-state index is 13.8. The number of esters is 1. The van der Waals surface area contributed by atoms with Crippen LogP contribution in [0.15, 0.2) is 34.2 Å². The van der Waals surface area contributed by atoms with Crippen molar-refractivity contribution in [2.75, 3.05) is 6.61 Å². The van der Waals surface area contributed by atoms with Crippen molar-refractivity contribution < 1.29 is 39.8 Å². The number of halogens is 3. The number of carbonyl (C=O) groups excluding carboxylic acids is 1. The molecule has 0 fully saturated rings. The zero-order valence-electron chi connectivity index (χ0n) is 15.2. The number of carbonyl (C=O) groups is 1. The minimum atomic E-state index is -0.342. The van der Waals surface area contributed by atoms with Crippen LogP contribution in [0.1, 0.15) is 63.9 Å². The summed E-state index contributed by atoms with van der Waals surface area (Å²) in [5, 5.41) is 0. The molecule has 1 rings (SSSR count). The number of benzene rings is 1. The summed E-state index contributed by atoms with van der Waals surface area (Å²) in [6.07, 6.45) is 8.16. The Kier molecular flexibility index (Phi) is 14.7. The Labute approximate surface area is 160 Å². The second kappa shape index (κ2) is 15.3. The van der Waals surface area contributed by atoms with Gasteiger partial charge >= 0.3 is 27.2 Å². The normalized spacial score (nSPS) is 11.1. The van der Waals surface area contributed by atoms with Gasteiger partial charge in [-0.2, -0.15) is 0 Å². The van der Waals surface area contributed by atoms with Crippen molar-refractivity contribution in [1.29, 1.82) is 0 Å². The third-order valence-corrected chi connectivity index (χ3v) is 6.10. The lowest BCUT2D eigenvalue weighted by molar-refractivity contribution is -0.558. The van der Waals surface area contributed by atoms with E-state index < -0.39 is 0 Å². The fourth-order valence-electron chi connectivity index (χ4n) is 2.28. The largest absolute Gasteiger partial charge is 1.00 e. The molecule has 0 aliphatic heterocycles. The Bertz CT molecular complexity index is 501. The van der Waals surface area contributed by atoms with E-state index in [-0.39, 0.29) is 37.7 Å². The Morgan fingerprint density at radius 1 is 1.04 bits per heavy atom. The fourth-order valence-corrected chi connectivity index (χ4v) is 4.06. The quantitative estimate of drug-likeness (QED) is 0.242. The number of hydrogen-bond acceptors (Lipinski definition) is 2. The standard InChI is InChI=1S/C20H29FIO2.FH/c1-17-11-13-20(14-12-17)22-16-19(21)10-8-6-4-3-5-7-9-15-24-18(2)23;/h11-14,16H,3-10,15H2,1-2H3;1H/q+1;/p-1/b19-16+;. The number of unbranched alkanes of at least 4 members (excludes halogenated alkanes) is 6. The highest BCUT2D eigenvalue weighted by atomic mass is 127. The summed E-state index contributed by atoms with van der Waals surface area (Å²) in [5.41, 5.74) is 1.25. The van der Waals surface area contributed by atoms with E-state index in [2.05, 4.69) is 31.2 Å². The van der Waals surface area contributed by atoms with Crippen molar-refractivity contribution in [3.05, 3.63) is 43.3 Å². The van der Waals surface area contributed by atoms with Crippen LogP contribution in [0.5, 0.6) is 0 Å². The molecule has 0 bridgehead atoms. The highest BCUT2D eigenvalue weighted by molar-refractivity contribution is 5.65. The first-order valence-corrected chi connectivity index (χ1v) is 11.1. The molecule has 0 amide bonds. The first-order chi connectivity index (χ1) is 11.6. The highest BCUT2D eigenvalue weighted by Gasteiger charge is 2.10. The van der Waals surface area contributed by atoms with Gasteiger partial charge in [0.15, 0.2) is 7.65 Å². The second-order valence-corrected chi connectivity index (χ2v) is 8.52. The molecule has 5 heteroatoms. The fraction of sp³-hybridized carbons (Fsp3) is 0.550. The molecule has 1 aromatic rings. The Balaban J connectivity index is 0.00000576. The predicted octanol–water partition coefficient (Wildman–Crippen LogP) is -0.248. The third kappa shape index (κ3) is 13.9. The van der Waals surface area contributed by atoms with Gasteiger partial charge in [0, 0.05) is 13.3 Å². The van der Waals surface area contributed by atoms with Crippen LogP contribution in [0.25, 0.3) is 0 Å². The SMILES string of the molecule is CC(=O)OCCCCCCCCC/C(F)=C\[I+]c1ccc(C)cc1.[F-]. The van der Waals surface area contributed by atoms with Crippen LogP contribution in [-0.4, -0.2) is 12.6 Å². The maximum Gasteiger partial charge on any atom is 0.352 e. The Morgan fingerprint density at radius 3 is 2.20 bits per heavy atom. The minimum absolute atomic E-state index is 0. The van der Waals surface area contributed by atoms with Crippen LogP contribution in [0, 0.1) is 10.5 Å². The lowest BCUT2D eigenvalue weighted by atomic mass is 10.1. The molecule has 0 N–H and O–H groups in total. The van der Waals surface area contributed by atoms with Gasteiger partial charge in [-0.25, -0.2) is 4.39 Å². The van der Waals surface area contributed by atoms with E-state index in [9.17, 15) is 9.18 Å². The smallest absolute Gasteiger partial charge is 0.352 e. The molecule has 0 heterocycles. The molecule has 0 aromatic heterocycles. The summed E-state index contributed by atoms with van der Waals surface area (Å²) >= 11 is -0.342. The van der Waals surface area contributed by atoms with Crippen LogP contribution in [-0.2, 0) is 9.53 Å². The summed E-state index contributed by atoms with van der Waals surface area (Å²) < 4.78 is 21.8. The average Bonchev–Trinajstić information content (AvgIpc) is 2.55. The number of ether oxygens (including phenoxy) is 1. The Hall–Kier alpha value is -0.980. The van der Waals surface area contributed by atoms with Gasteiger partial charge < -0.3 is 9.44 Å². The van der Waals surface area contributed by atoms with Crippen molar-refractivity contribution in [3.63, 3.8) is 0 Å². The highest BCUT2D eigenvalue weighted by Crippen LogP contribution is 2.12. The van der Waals surface area contributed by atoms with E-state index in [1.807, 2.05) is 4.08 Å². The zero-order valence-corrected chi connectivity index (χ0v) is 17.4. The summed E-state index contributed by atoms with van der Waals surface area (Å²) in [6.45, 7) is 4.05. The van der Waals surface area contributed by atoms with Crippen LogP contribution in [0.4, 0.5) is 4.39 Å². The van der Waals surface area contributed by atoms with Gasteiger partial charge in [0.2, 0.25) is 0 Å². The number of rotatable bonds is 12. The lowest BCUT2D eigenvalue weighted by Crippen LogP contribution is -3.59. The molecule has 25 heavy (non-hydrogen) atoms. The van der Waals surface area contributed by atoms with E-state index in [1.165, 1.54) is 28.9 Å². The molecule has 2 nitrogen and oxygen atoms in total. The van der Waals surface area contributed by atoms with E-state index >= 15 is 0 Å². The predicted molar refractivity (Wildman–Crippen MR) is 92.6 cm³/mol. The summed E-state index contributed by atoms with van der Waals surface area (Å²) in [4.78, 5) is 10.6. The average molecular weight is 466 g/mol. The van der Waals surface area contributed by atoms with Gasteiger partial charge in [-0.05, 0) is 31.9 Å². The van der Waals surface area contributed by atoms with E-state index in [1.54, 1.807) is 0 Å². The molecule has 142 valence electrons. The molecular weight excluding hydrogens is 437 g/mol. The first-order valence-electron chi connectivity index (χ1n) is 8.76. The van der Waals surface area contributed by atoms with Crippen molar-refractivity contribution in [2.24, 2.45) is 0 Å². The number of aryl methyl sites for hydroxylation is 1. The van der Waals surface area contributed by atoms with E-state index in [0.29, 0.717) is 13.0 Å². The van der Waals surface area contributed by atoms with Gasteiger partial charge in [-0.15, -0.1) is 0 Å². The van der Waals surface area contributed by atoms with Gasteiger partial charge in [0.25, 0.3) is 0 Å². The van der Waals surface area contributed by atoms with Gasteiger partial charge in [0.05, 0.1) is 6.61 Å². The lowest BCUT2D eigenvalue weighted by Gasteiger charge is -2.02. The van der Waals surface area contributed by atoms with Gasteiger partial charge in [0.1, 0.15) is 5.83 Å². The maximum atomic E-state index is 13.8. The molecule has 0 unspecified atom stereocenters. The van der Waals surface area contributed by atoms with Crippen LogP contribution >= 0.6 is 0 Å². The third-order valence-electron chi connectivity index (χ3n) is 3.68. The molecule has 0 atom stereocenters. The minimum Gasteiger partial charge on any atom is -1.00 e. The van der Waals surface area contributed by atoms with Gasteiger partial charge in [-0.3, -0.25) is 4.79 Å². The topological polar surface area (TPSA) is 26.3 Å². The van der Waals surface area contributed by atoms with E-state index in [4.69, 9.17) is 4.74 Å². The number of hydrogen-bond donors (Lipinski definition) is 0. The molecule has 1 aromatic carbocycles. The first kappa shape index (κ1) is 24.0. The zero-order chi connectivity index (χ0) is 17.6. The van der Waals surface area contributed by atoms with Crippen molar-refractivity contribution in [1.82, 2.24) is 0 Å². The Morgan fingerprint density at radius 2 is 1.60 bits per heavy atom.